The average Bonchev–Trinajstić information content (AvgIpc) is 3.20. The second kappa shape index (κ2) is 7.47. The molecule has 0 bridgehead atoms. The molecule has 0 N–H and O–H groups in total. The molecule has 0 aromatic carbocycles. The van der Waals surface area contributed by atoms with Crippen LogP contribution in [0.4, 0.5) is 22.0 Å². The summed E-state index contributed by atoms with van der Waals surface area (Å²) >= 11 is 0. The molecule has 3 atom stereocenters. The van der Waals surface area contributed by atoms with Crippen LogP contribution in [0.1, 0.15) is 36.1 Å². The van der Waals surface area contributed by atoms with E-state index in [0.29, 0.717) is 25.1 Å². The fraction of sp³-hybridized carbons (Fsp3) is 0.556. The van der Waals surface area contributed by atoms with E-state index in [1.54, 1.807) is 0 Å². The van der Waals surface area contributed by atoms with Gasteiger partial charge in [0.05, 0.1) is 25.3 Å². The molecule has 0 radical (unpaired) electrons. The fourth-order valence-electron chi connectivity index (χ4n) is 3.86. The normalized spacial score (nSPS) is 24.2. The Balaban J connectivity index is 1.61. The summed E-state index contributed by atoms with van der Waals surface area (Å²) in [5, 5.41) is 4.15. The number of aromatic nitrogens is 4. The van der Waals surface area contributed by atoms with Crippen molar-refractivity contribution in [1.29, 1.82) is 0 Å². The van der Waals surface area contributed by atoms with Crippen LogP contribution in [0.3, 0.4) is 0 Å². The van der Waals surface area contributed by atoms with E-state index in [-0.39, 0.29) is 25.3 Å². The monoisotopic (exact) mass is 431 g/mol. The second-order valence-corrected chi connectivity index (χ2v) is 7.42. The maximum absolute atomic E-state index is 13.5. The van der Waals surface area contributed by atoms with Crippen molar-refractivity contribution in [3.63, 3.8) is 0 Å². The van der Waals surface area contributed by atoms with E-state index in [4.69, 9.17) is 0 Å². The van der Waals surface area contributed by atoms with Crippen LogP contribution < -0.4 is 5.69 Å². The number of hydrogen-bond donors (Lipinski definition) is 0. The first-order chi connectivity index (χ1) is 14.1. The van der Waals surface area contributed by atoms with Gasteiger partial charge in [0.25, 0.3) is 0 Å². The van der Waals surface area contributed by atoms with Gasteiger partial charge in [-0.15, -0.1) is 0 Å². The lowest BCUT2D eigenvalue weighted by atomic mass is 10.0. The van der Waals surface area contributed by atoms with Crippen molar-refractivity contribution < 1.29 is 26.7 Å². The van der Waals surface area contributed by atoms with Crippen molar-refractivity contribution in [2.75, 3.05) is 13.1 Å². The number of hydrogen-bond acceptors (Lipinski definition) is 4. The minimum absolute atomic E-state index is 0.00895. The number of rotatable bonds is 3. The van der Waals surface area contributed by atoms with Crippen molar-refractivity contribution in [3.05, 3.63) is 45.9 Å². The highest BCUT2D eigenvalue weighted by molar-refractivity contribution is 5.81. The quantitative estimate of drug-likeness (QED) is 0.696. The lowest BCUT2D eigenvalue weighted by Crippen LogP contribution is -2.42. The summed E-state index contributed by atoms with van der Waals surface area (Å²) in [6.07, 6.45) is -6.89. The summed E-state index contributed by atoms with van der Waals surface area (Å²) in [6.45, 7) is -1.04. The maximum Gasteiger partial charge on any atom is 0.433 e. The van der Waals surface area contributed by atoms with Crippen LogP contribution in [0.25, 0.3) is 0 Å². The van der Waals surface area contributed by atoms with Gasteiger partial charge in [-0.3, -0.25) is 9.36 Å². The highest BCUT2D eigenvalue weighted by Gasteiger charge is 2.40. The number of aryl methyl sites for hydroxylation is 1. The van der Waals surface area contributed by atoms with Gasteiger partial charge >= 0.3 is 11.9 Å². The average molecular weight is 431 g/mol. The lowest BCUT2D eigenvalue weighted by Gasteiger charge is -2.26. The zero-order valence-electron chi connectivity index (χ0n) is 15.6. The molecule has 30 heavy (non-hydrogen) atoms. The van der Waals surface area contributed by atoms with Crippen LogP contribution in [0.2, 0.25) is 0 Å². The number of alkyl halides is 5. The Kier molecular flexibility index (Phi) is 5.10. The topological polar surface area (TPSA) is 73.0 Å². The minimum Gasteiger partial charge on any atom is -0.335 e. The van der Waals surface area contributed by atoms with Gasteiger partial charge in [-0.25, -0.2) is 23.2 Å². The molecule has 7 nitrogen and oxygen atoms in total. The molecular formula is C18H18F5N5O2. The molecule has 0 aliphatic carbocycles. The molecule has 0 saturated carbocycles. The number of likely N-dealkylation sites (tertiary alicyclic amines) is 1. The van der Waals surface area contributed by atoms with E-state index in [2.05, 4.69) is 10.1 Å². The molecule has 2 aromatic rings. The highest BCUT2D eigenvalue weighted by atomic mass is 19.4. The first kappa shape index (κ1) is 20.5. The number of carbonyl (C=O) groups is 1. The second-order valence-electron chi connectivity index (χ2n) is 7.42. The first-order valence-electron chi connectivity index (χ1n) is 9.43. The third kappa shape index (κ3) is 3.70. The number of amides is 1. The van der Waals surface area contributed by atoms with Gasteiger partial charge < -0.3 is 4.90 Å². The molecule has 1 amide bonds. The Bertz CT molecular complexity index is 1010. The lowest BCUT2D eigenvalue weighted by molar-refractivity contribution is -0.141. The van der Waals surface area contributed by atoms with E-state index < -0.39 is 41.9 Å². The molecule has 0 unspecified atom stereocenters. The third-order valence-electron chi connectivity index (χ3n) is 5.32. The van der Waals surface area contributed by atoms with Gasteiger partial charge in [-0.05, 0) is 25.0 Å². The van der Waals surface area contributed by atoms with Crippen LogP contribution in [-0.4, -0.2) is 55.6 Å². The van der Waals surface area contributed by atoms with Crippen molar-refractivity contribution in [2.45, 2.75) is 50.4 Å². The summed E-state index contributed by atoms with van der Waals surface area (Å²) in [6, 6.07) is 2.41. The van der Waals surface area contributed by atoms with Crippen LogP contribution in [0, 0.1) is 0 Å². The van der Waals surface area contributed by atoms with E-state index >= 15 is 0 Å². The number of fused-ring (bicyclic) bond motifs is 1. The summed E-state index contributed by atoms with van der Waals surface area (Å²) in [5.41, 5.74) is -1.76. The van der Waals surface area contributed by atoms with Crippen molar-refractivity contribution in [3.8, 4) is 0 Å². The maximum atomic E-state index is 13.5. The predicted molar refractivity (Wildman–Crippen MR) is 93.2 cm³/mol. The van der Waals surface area contributed by atoms with E-state index in [1.165, 1.54) is 16.7 Å². The van der Waals surface area contributed by atoms with Crippen molar-refractivity contribution in [1.82, 2.24) is 24.2 Å². The molecule has 4 heterocycles. The Morgan fingerprint density at radius 2 is 1.87 bits per heavy atom. The van der Waals surface area contributed by atoms with Gasteiger partial charge in [0.1, 0.15) is 17.6 Å². The molecule has 12 heteroatoms. The van der Waals surface area contributed by atoms with Gasteiger partial charge in [0.15, 0.2) is 12.3 Å². The summed E-state index contributed by atoms with van der Waals surface area (Å²) in [7, 11) is 0. The van der Waals surface area contributed by atoms with Crippen LogP contribution in [-0.2, 0) is 23.9 Å². The SMILES string of the molecule is O=C([C@@H]1CCCc2nn(Cc3cccc(C(F)(F)F)n3)c(=O)n21)N1C[C@@H](F)[C@@H](F)C1. The molecule has 4 rings (SSSR count). The van der Waals surface area contributed by atoms with Gasteiger partial charge in [0, 0.05) is 6.42 Å². The molecule has 2 aliphatic heterocycles. The zero-order valence-corrected chi connectivity index (χ0v) is 15.6. The standard InChI is InChI=1S/C18H18F5N5O2/c19-11-8-26(9-12(11)20)16(29)13-4-2-6-15-25-27(17(30)28(13)15)7-10-3-1-5-14(24-10)18(21,22)23/h1,3,5,11-13H,2,4,6-9H2/t11-,12+,13-/m0/s1. The number of pyridine rings is 1. The summed E-state index contributed by atoms with van der Waals surface area (Å²) in [4.78, 5) is 30.2. The van der Waals surface area contributed by atoms with E-state index in [1.807, 2.05) is 0 Å². The Hall–Kier alpha value is -2.79. The predicted octanol–water partition coefficient (Wildman–Crippen LogP) is 1.90. The molecule has 2 aromatic heterocycles. The molecule has 162 valence electrons. The van der Waals surface area contributed by atoms with Crippen LogP contribution in [0.15, 0.2) is 23.0 Å². The van der Waals surface area contributed by atoms with Gasteiger partial charge in [-0.1, -0.05) is 6.07 Å². The first-order valence-corrected chi connectivity index (χ1v) is 9.43. The van der Waals surface area contributed by atoms with Gasteiger partial charge in [-0.2, -0.15) is 18.3 Å². The molecule has 0 spiro atoms. The van der Waals surface area contributed by atoms with Crippen molar-refractivity contribution in [2.24, 2.45) is 0 Å². The van der Waals surface area contributed by atoms with E-state index in [9.17, 15) is 31.5 Å². The van der Waals surface area contributed by atoms with Crippen molar-refractivity contribution >= 4 is 5.91 Å². The molecular weight excluding hydrogens is 413 g/mol. The largest absolute Gasteiger partial charge is 0.433 e. The Labute approximate surface area is 167 Å². The van der Waals surface area contributed by atoms with Gasteiger partial charge in [0.2, 0.25) is 5.91 Å². The Morgan fingerprint density at radius 3 is 2.53 bits per heavy atom. The zero-order chi connectivity index (χ0) is 21.6. The molecule has 1 fully saturated rings. The minimum atomic E-state index is -4.62. The summed E-state index contributed by atoms with van der Waals surface area (Å²) in [5.74, 6) is -0.248. The van der Waals surface area contributed by atoms with E-state index in [0.717, 1.165) is 15.6 Å². The van der Waals surface area contributed by atoms with Crippen LogP contribution >= 0.6 is 0 Å². The molecule has 1 saturated heterocycles. The fourth-order valence-corrected chi connectivity index (χ4v) is 3.86. The third-order valence-corrected chi connectivity index (χ3v) is 5.32. The Morgan fingerprint density at radius 1 is 1.17 bits per heavy atom. The number of carbonyl (C=O) groups excluding carboxylic acids is 1. The number of nitrogens with zero attached hydrogens (tertiary/aromatic N) is 5. The summed E-state index contributed by atoms with van der Waals surface area (Å²) < 4.78 is 67.7. The van der Waals surface area contributed by atoms with Crippen LogP contribution in [0.5, 0.6) is 0 Å². The molecule has 2 aliphatic rings. The smallest absolute Gasteiger partial charge is 0.335 e. The highest BCUT2D eigenvalue weighted by Crippen LogP contribution is 2.28. The number of halogens is 5.